The number of para-hydroxylation sites is 1. The molecule has 0 radical (unpaired) electrons. The molecule has 1 atom stereocenters. The summed E-state index contributed by atoms with van der Waals surface area (Å²) in [4.78, 5) is 38.6. The maximum Gasteiger partial charge on any atom is 0.331 e. The van der Waals surface area contributed by atoms with E-state index >= 15 is 0 Å². The maximum atomic E-state index is 13.5. The summed E-state index contributed by atoms with van der Waals surface area (Å²) in [6, 6.07) is 16.6. The largest absolute Gasteiger partial charge is 0.457 e. The van der Waals surface area contributed by atoms with E-state index in [0.29, 0.717) is 26.8 Å². The Bertz CT molecular complexity index is 1580. The molecule has 1 aliphatic heterocycles. The lowest BCUT2D eigenvalue weighted by molar-refractivity contribution is 0.0948. The number of pyridine rings is 1. The van der Waals surface area contributed by atoms with Gasteiger partial charge < -0.3 is 15.4 Å². The van der Waals surface area contributed by atoms with E-state index in [4.69, 9.17) is 4.74 Å². The Morgan fingerprint density at radius 2 is 1.97 bits per heavy atom. The number of hydrogen-bond donors (Lipinski definition) is 2. The average molecular weight is 526 g/mol. The molecule has 1 saturated carbocycles. The summed E-state index contributed by atoms with van der Waals surface area (Å²) in [5.41, 5.74) is 3.82. The maximum absolute atomic E-state index is 13.5. The number of amides is 3. The molecule has 1 aliphatic carbocycles. The van der Waals surface area contributed by atoms with Gasteiger partial charge in [0.25, 0.3) is 5.91 Å². The van der Waals surface area contributed by atoms with Crippen molar-refractivity contribution in [3.63, 3.8) is 0 Å². The second-order valence-electron chi connectivity index (χ2n) is 9.43. The van der Waals surface area contributed by atoms with Gasteiger partial charge in [0.05, 0.1) is 28.5 Å². The molecular weight excluding hydrogens is 498 g/mol. The van der Waals surface area contributed by atoms with E-state index in [1.807, 2.05) is 61.5 Å². The molecule has 0 spiro atoms. The molecule has 2 aliphatic rings. The number of ether oxygens (including phenoxy) is 1. The number of anilines is 3. The molecule has 0 unspecified atom stereocenters. The minimum absolute atomic E-state index is 0.0823. The number of urea groups is 1. The van der Waals surface area contributed by atoms with Crippen LogP contribution in [0.1, 0.15) is 40.9 Å². The Morgan fingerprint density at radius 1 is 1.13 bits per heavy atom. The molecule has 3 amide bonds. The normalized spacial score (nSPS) is 17.9. The van der Waals surface area contributed by atoms with Crippen LogP contribution in [0.2, 0.25) is 0 Å². The van der Waals surface area contributed by atoms with E-state index in [2.05, 4.69) is 20.6 Å². The second-order valence-corrected chi connectivity index (χ2v) is 10.4. The highest BCUT2D eigenvalue weighted by atomic mass is 32.1. The van der Waals surface area contributed by atoms with Gasteiger partial charge in [-0.3, -0.25) is 14.7 Å². The van der Waals surface area contributed by atoms with Crippen LogP contribution in [-0.2, 0) is 0 Å². The number of carbonyl (C=O) groups excluding carboxylic acids is 2. The van der Waals surface area contributed by atoms with E-state index in [0.717, 1.165) is 53.8 Å². The van der Waals surface area contributed by atoms with Crippen LogP contribution in [0.4, 0.5) is 21.9 Å². The number of thiophene rings is 1. The highest BCUT2D eigenvalue weighted by Crippen LogP contribution is 2.46. The minimum Gasteiger partial charge on any atom is -0.457 e. The van der Waals surface area contributed by atoms with E-state index in [9.17, 15) is 9.59 Å². The molecule has 192 valence electrons. The highest BCUT2D eigenvalue weighted by molar-refractivity contribution is 7.21. The van der Waals surface area contributed by atoms with E-state index in [-0.39, 0.29) is 18.0 Å². The molecule has 2 N–H and O–H groups in total. The number of benzene rings is 2. The summed E-state index contributed by atoms with van der Waals surface area (Å²) < 4.78 is 5.97. The fourth-order valence-electron chi connectivity index (χ4n) is 5.19. The smallest absolute Gasteiger partial charge is 0.331 e. The summed E-state index contributed by atoms with van der Waals surface area (Å²) in [6.07, 6.45) is 5.58. The summed E-state index contributed by atoms with van der Waals surface area (Å²) in [6.45, 7) is 1.94. The second kappa shape index (κ2) is 9.90. The zero-order valence-corrected chi connectivity index (χ0v) is 22.0. The molecular formula is C29H27N5O3S. The van der Waals surface area contributed by atoms with Gasteiger partial charge in [-0.1, -0.05) is 24.6 Å². The van der Waals surface area contributed by atoms with Gasteiger partial charge in [-0.25, -0.2) is 9.78 Å². The van der Waals surface area contributed by atoms with Gasteiger partial charge in [-0.15, -0.1) is 11.3 Å². The first-order valence-corrected chi connectivity index (χ1v) is 13.5. The first-order chi connectivity index (χ1) is 18.5. The molecule has 2 aromatic carbocycles. The van der Waals surface area contributed by atoms with Gasteiger partial charge in [0.1, 0.15) is 21.2 Å². The molecule has 9 heteroatoms. The molecule has 8 nitrogen and oxygen atoms in total. The number of aryl methyl sites for hydroxylation is 1. The number of rotatable bonds is 5. The number of nitrogens with one attached hydrogen (secondary N) is 2. The first kappa shape index (κ1) is 24.1. The van der Waals surface area contributed by atoms with Crippen LogP contribution in [0.5, 0.6) is 11.5 Å². The van der Waals surface area contributed by atoms with Crippen molar-refractivity contribution >= 4 is 56.3 Å². The first-order valence-electron chi connectivity index (χ1n) is 12.7. The lowest BCUT2D eigenvalue weighted by Gasteiger charge is -2.30. The Kier molecular flexibility index (Phi) is 6.29. The molecule has 0 bridgehead atoms. The topological polar surface area (TPSA) is 95.9 Å². The van der Waals surface area contributed by atoms with Gasteiger partial charge in [0, 0.05) is 19.0 Å². The quantitative estimate of drug-likeness (QED) is 0.299. The molecule has 0 saturated heterocycles. The lowest BCUT2D eigenvalue weighted by Crippen LogP contribution is -2.42. The summed E-state index contributed by atoms with van der Waals surface area (Å²) >= 11 is 1.29. The lowest BCUT2D eigenvalue weighted by atomic mass is 9.93. The summed E-state index contributed by atoms with van der Waals surface area (Å²) in [5.74, 6) is 1.21. The van der Waals surface area contributed by atoms with Gasteiger partial charge in [0.2, 0.25) is 0 Å². The summed E-state index contributed by atoms with van der Waals surface area (Å²) in [7, 11) is 1.77. The standard InChI is InChI=1S/C29H27N5O3S/c1-17-16-19(37-18-8-4-3-5-9-18)12-13-22(17)34-23-14-15-31-28-24(23)25(33-29(34)36)26(38-28)27(35)32-21-11-7-6-10-20(21)30-2/h3-5,8-9,12-16,21H,6-7,10-11H2,1-2H3,(H,32,35)(H,33,36)/b30-20+/t21-/m0/s1. The van der Waals surface area contributed by atoms with Crippen molar-refractivity contribution in [2.75, 3.05) is 17.3 Å². The third kappa shape index (κ3) is 4.28. The van der Waals surface area contributed by atoms with Crippen molar-refractivity contribution in [3.8, 4) is 11.5 Å². The Hall–Kier alpha value is -4.24. The van der Waals surface area contributed by atoms with Crippen molar-refractivity contribution < 1.29 is 14.3 Å². The summed E-state index contributed by atoms with van der Waals surface area (Å²) in [5, 5.41) is 6.89. The number of carbonyl (C=O) groups is 2. The van der Waals surface area contributed by atoms with Crippen molar-refractivity contribution in [2.45, 2.75) is 38.6 Å². The monoisotopic (exact) mass is 525 g/mol. The number of nitrogens with zero attached hydrogens (tertiary/aromatic N) is 3. The van der Waals surface area contributed by atoms with Gasteiger partial charge in [-0.2, -0.15) is 0 Å². The predicted molar refractivity (Wildman–Crippen MR) is 152 cm³/mol. The Balaban J connectivity index is 1.34. The zero-order chi connectivity index (χ0) is 26.2. The van der Waals surface area contributed by atoms with Crippen LogP contribution in [0.25, 0.3) is 10.2 Å². The van der Waals surface area contributed by atoms with Crippen LogP contribution in [0, 0.1) is 6.92 Å². The third-order valence-corrected chi connectivity index (χ3v) is 8.11. The predicted octanol–water partition coefficient (Wildman–Crippen LogP) is 6.82. The molecule has 1 fully saturated rings. The number of aromatic nitrogens is 1. The minimum atomic E-state index is -0.328. The van der Waals surface area contributed by atoms with E-state index in [1.165, 1.54) is 11.3 Å². The van der Waals surface area contributed by atoms with Crippen LogP contribution >= 0.6 is 11.3 Å². The zero-order valence-electron chi connectivity index (χ0n) is 21.2. The van der Waals surface area contributed by atoms with Gasteiger partial charge >= 0.3 is 6.03 Å². The van der Waals surface area contributed by atoms with Crippen LogP contribution in [0.15, 0.2) is 65.8 Å². The number of aliphatic imine (C=N–C) groups is 1. The highest BCUT2D eigenvalue weighted by Gasteiger charge is 2.34. The SMILES string of the molecule is C/N=C1\CCCC[C@@H]1NC(=O)c1sc2nccc3c2c1NC(=O)N3c1ccc(Oc2ccccc2)cc1C. The van der Waals surface area contributed by atoms with Crippen molar-refractivity contribution in [1.82, 2.24) is 10.3 Å². The van der Waals surface area contributed by atoms with Gasteiger partial charge in [0.15, 0.2) is 0 Å². The van der Waals surface area contributed by atoms with Gasteiger partial charge in [-0.05, 0) is 68.1 Å². The van der Waals surface area contributed by atoms with Crippen molar-refractivity contribution in [1.29, 1.82) is 0 Å². The Labute approximate surface area is 224 Å². The molecule has 4 aromatic rings. The fourth-order valence-corrected chi connectivity index (χ4v) is 6.22. The van der Waals surface area contributed by atoms with Crippen LogP contribution < -0.4 is 20.3 Å². The third-order valence-electron chi connectivity index (χ3n) is 7.01. The molecule has 38 heavy (non-hydrogen) atoms. The van der Waals surface area contributed by atoms with Crippen LogP contribution in [-0.4, -0.2) is 35.7 Å². The fraction of sp³-hybridized carbons (Fsp3) is 0.241. The molecule has 3 heterocycles. The number of hydrogen-bond acceptors (Lipinski definition) is 6. The van der Waals surface area contributed by atoms with Crippen LogP contribution in [0.3, 0.4) is 0 Å². The molecule has 6 rings (SSSR count). The van der Waals surface area contributed by atoms with Crippen molar-refractivity contribution in [3.05, 3.63) is 71.2 Å². The Morgan fingerprint density at radius 3 is 2.76 bits per heavy atom. The van der Waals surface area contributed by atoms with E-state index < -0.39 is 0 Å². The average Bonchev–Trinajstić information content (AvgIpc) is 3.30. The van der Waals surface area contributed by atoms with E-state index in [1.54, 1.807) is 18.1 Å². The van der Waals surface area contributed by atoms with Crippen molar-refractivity contribution in [2.24, 2.45) is 4.99 Å². The molecule has 2 aromatic heterocycles.